The van der Waals surface area contributed by atoms with Gasteiger partial charge >= 0.3 is 0 Å². The standard InChI is InChI=1S/C21H31N5O4S/c27-16-5-7-25(8-6-16)19(28)4-3-15-11-22-20(29)18-10-14(13-26(15)18)24-21(31)23-12-17-2-1-9-30-17/h1-2,9,14-16,18,27H,3-8,10-13H2,(H,22,29)(H2,23,24,31)/t14-,15-,18+/m1/s1. The number of likely N-dealkylation sites (tertiary alicyclic amines) is 1. The molecule has 0 radical (unpaired) electrons. The van der Waals surface area contributed by atoms with E-state index in [4.69, 9.17) is 16.6 Å². The first-order valence-corrected chi connectivity index (χ1v) is 11.5. The van der Waals surface area contributed by atoms with Gasteiger partial charge in [-0.05, 0) is 50.0 Å². The van der Waals surface area contributed by atoms with E-state index in [1.165, 1.54) is 0 Å². The third kappa shape index (κ3) is 5.55. The van der Waals surface area contributed by atoms with Crippen LogP contribution in [0.2, 0.25) is 0 Å². The van der Waals surface area contributed by atoms with Crippen LogP contribution in [0.1, 0.15) is 37.9 Å². The number of aliphatic hydroxyl groups is 1. The quantitative estimate of drug-likeness (QED) is 0.448. The van der Waals surface area contributed by atoms with Gasteiger partial charge in [0.2, 0.25) is 11.8 Å². The number of rotatable bonds is 6. The second-order valence-electron chi connectivity index (χ2n) is 8.60. The number of fused-ring (bicyclic) bond motifs is 1. The first kappa shape index (κ1) is 22.0. The largest absolute Gasteiger partial charge is 0.467 e. The molecule has 1 aromatic rings. The van der Waals surface area contributed by atoms with E-state index in [0.29, 0.717) is 63.4 Å². The number of carbonyl (C=O) groups is 2. The summed E-state index contributed by atoms with van der Waals surface area (Å²) in [5.74, 6) is 0.990. The number of thiocarbonyl (C=S) groups is 1. The van der Waals surface area contributed by atoms with E-state index in [1.807, 2.05) is 17.0 Å². The van der Waals surface area contributed by atoms with Gasteiger partial charge in [-0.25, -0.2) is 0 Å². The minimum atomic E-state index is -0.285. The molecule has 4 rings (SSSR count). The molecule has 10 heteroatoms. The first-order valence-electron chi connectivity index (χ1n) is 11.1. The van der Waals surface area contributed by atoms with Crippen molar-refractivity contribution in [1.29, 1.82) is 0 Å². The Morgan fingerprint density at radius 3 is 2.90 bits per heavy atom. The summed E-state index contributed by atoms with van der Waals surface area (Å²) in [6.45, 7) is 3.05. The van der Waals surface area contributed by atoms with Crippen molar-refractivity contribution < 1.29 is 19.1 Å². The predicted molar refractivity (Wildman–Crippen MR) is 118 cm³/mol. The van der Waals surface area contributed by atoms with Gasteiger partial charge in [0, 0.05) is 44.7 Å². The van der Waals surface area contributed by atoms with Crippen LogP contribution in [0.5, 0.6) is 0 Å². The van der Waals surface area contributed by atoms with Crippen molar-refractivity contribution in [3.63, 3.8) is 0 Å². The predicted octanol–water partition coefficient (Wildman–Crippen LogP) is -0.0515. The Labute approximate surface area is 187 Å². The normalized spacial score (nSPS) is 26.9. The molecule has 0 bridgehead atoms. The number of aliphatic hydroxyl groups excluding tert-OH is 1. The zero-order chi connectivity index (χ0) is 21.8. The molecule has 0 aliphatic carbocycles. The van der Waals surface area contributed by atoms with Crippen LogP contribution in [0.15, 0.2) is 22.8 Å². The van der Waals surface area contributed by atoms with Gasteiger partial charge < -0.3 is 30.4 Å². The van der Waals surface area contributed by atoms with Crippen LogP contribution in [-0.4, -0.2) is 82.2 Å². The highest BCUT2D eigenvalue weighted by atomic mass is 32.1. The summed E-state index contributed by atoms with van der Waals surface area (Å²) in [4.78, 5) is 29.1. The number of hydrogen-bond donors (Lipinski definition) is 4. The Morgan fingerprint density at radius 2 is 2.16 bits per heavy atom. The highest BCUT2D eigenvalue weighted by Gasteiger charge is 2.43. The fourth-order valence-corrected chi connectivity index (χ4v) is 4.97. The lowest BCUT2D eigenvalue weighted by atomic mass is 10.0. The fraction of sp³-hybridized carbons (Fsp3) is 0.667. The van der Waals surface area contributed by atoms with Crippen molar-refractivity contribution in [2.75, 3.05) is 26.2 Å². The summed E-state index contributed by atoms with van der Waals surface area (Å²) >= 11 is 5.40. The summed E-state index contributed by atoms with van der Waals surface area (Å²) in [6, 6.07) is 3.74. The number of amides is 2. The van der Waals surface area contributed by atoms with Crippen LogP contribution in [0.4, 0.5) is 0 Å². The van der Waals surface area contributed by atoms with Gasteiger partial charge in [0.05, 0.1) is 25.0 Å². The van der Waals surface area contributed by atoms with Gasteiger partial charge in [0.25, 0.3) is 0 Å². The van der Waals surface area contributed by atoms with Crippen LogP contribution in [0.25, 0.3) is 0 Å². The number of furan rings is 1. The van der Waals surface area contributed by atoms with Gasteiger partial charge in [-0.15, -0.1) is 0 Å². The Morgan fingerprint density at radius 1 is 1.35 bits per heavy atom. The average Bonchev–Trinajstić information content (AvgIpc) is 3.42. The molecule has 3 aliphatic rings. The van der Waals surface area contributed by atoms with Gasteiger partial charge in [0.15, 0.2) is 5.11 Å². The molecule has 0 unspecified atom stereocenters. The number of piperidine rings is 1. The molecule has 3 fully saturated rings. The third-order valence-electron chi connectivity index (χ3n) is 6.47. The van der Waals surface area contributed by atoms with Crippen LogP contribution in [0, 0.1) is 0 Å². The first-order chi connectivity index (χ1) is 15.0. The van der Waals surface area contributed by atoms with Crippen molar-refractivity contribution in [3.05, 3.63) is 24.2 Å². The minimum absolute atomic E-state index is 0.0476. The Balaban J connectivity index is 1.25. The zero-order valence-electron chi connectivity index (χ0n) is 17.6. The van der Waals surface area contributed by atoms with Crippen LogP contribution < -0.4 is 16.0 Å². The van der Waals surface area contributed by atoms with Crippen LogP contribution >= 0.6 is 12.2 Å². The molecular formula is C21H31N5O4S. The number of carbonyl (C=O) groups excluding carboxylic acids is 2. The van der Waals surface area contributed by atoms with Crippen molar-refractivity contribution in [3.8, 4) is 0 Å². The molecular weight excluding hydrogens is 418 g/mol. The molecule has 0 spiro atoms. The molecule has 3 atom stereocenters. The van der Waals surface area contributed by atoms with E-state index in [0.717, 1.165) is 12.3 Å². The summed E-state index contributed by atoms with van der Waals surface area (Å²) < 4.78 is 5.30. The van der Waals surface area contributed by atoms with Crippen molar-refractivity contribution >= 4 is 29.1 Å². The Hall–Kier alpha value is -2.17. The molecule has 31 heavy (non-hydrogen) atoms. The molecule has 2 amide bonds. The molecule has 3 saturated heterocycles. The maximum atomic E-state index is 12.6. The highest BCUT2D eigenvalue weighted by molar-refractivity contribution is 7.80. The summed E-state index contributed by atoms with van der Waals surface area (Å²) in [7, 11) is 0. The van der Waals surface area contributed by atoms with E-state index < -0.39 is 0 Å². The fourth-order valence-electron chi connectivity index (χ4n) is 4.73. The number of nitrogens with one attached hydrogen (secondary N) is 3. The lowest BCUT2D eigenvalue weighted by Crippen LogP contribution is -2.58. The zero-order valence-corrected chi connectivity index (χ0v) is 18.4. The molecule has 0 aromatic carbocycles. The monoisotopic (exact) mass is 449 g/mol. The molecule has 4 heterocycles. The maximum absolute atomic E-state index is 12.6. The van der Waals surface area contributed by atoms with Gasteiger partial charge in [-0.2, -0.15) is 0 Å². The molecule has 0 saturated carbocycles. The van der Waals surface area contributed by atoms with Crippen molar-refractivity contribution in [2.24, 2.45) is 0 Å². The number of nitrogens with zero attached hydrogens (tertiary/aromatic N) is 2. The Kier molecular flexibility index (Phi) is 7.09. The van der Waals surface area contributed by atoms with Gasteiger partial charge in [-0.3, -0.25) is 14.5 Å². The summed E-state index contributed by atoms with van der Waals surface area (Å²) in [6.07, 6.45) is 4.50. The topological polar surface area (TPSA) is 110 Å². The van der Waals surface area contributed by atoms with Crippen molar-refractivity contribution in [1.82, 2.24) is 25.8 Å². The summed E-state index contributed by atoms with van der Waals surface area (Å²) in [5, 5.41) is 19.6. The van der Waals surface area contributed by atoms with E-state index in [-0.39, 0.29) is 36.0 Å². The molecule has 1 aromatic heterocycles. The van der Waals surface area contributed by atoms with Gasteiger partial charge in [0.1, 0.15) is 5.76 Å². The average molecular weight is 450 g/mol. The van der Waals surface area contributed by atoms with E-state index in [9.17, 15) is 14.7 Å². The molecule has 170 valence electrons. The second-order valence-corrected chi connectivity index (χ2v) is 9.01. The smallest absolute Gasteiger partial charge is 0.237 e. The lowest BCUT2D eigenvalue weighted by Gasteiger charge is -2.37. The number of hydrogen-bond acceptors (Lipinski definition) is 6. The van der Waals surface area contributed by atoms with E-state index in [2.05, 4.69) is 20.9 Å². The molecule has 3 aliphatic heterocycles. The highest BCUT2D eigenvalue weighted by Crippen LogP contribution is 2.26. The number of piperazine rings is 1. The SMILES string of the molecule is O=C1NC[C@@H](CCC(=O)N2CCC(O)CC2)N2C[C@H](NC(=S)NCc3ccco3)C[C@@H]12. The maximum Gasteiger partial charge on any atom is 0.237 e. The molecule has 9 nitrogen and oxygen atoms in total. The van der Waals surface area contributed by atoms with E-state index in [1.54, 1.807) is 6.26 Å². The minimum Gasteiger partial charge on any atom is -0.467 e. The van der Waals surface area contributed by atoms with Crippen LogP contribution in [0.3, 0.4) is 0 Å². The van der Waals surface area contributed by atoms with E-state index >= 15 is 0 Å². The van der Waals surface area contributed by atoms with Crippen molar-refractivity contribution in [2.45, 2.75) is 62.9 Å². The molecule has 4 N–H and O–H groups in total. The summed E-state index contributed by atoms with van der Waals surface area (Å²) in [5.41, 5.74) is 0. The van der Waals surface area contributed by atoms with Crippen LogP contribution in [-0.2, 0) is 16.1 Å². The third-order valence-corrected chi connectivity index (χ3v) is 6.73. The lowest BCUT2D eigenvalue weighted by molar-refractivity contribution is -0.134. The Bertz CT molecular complexity index is 781. The second kappa shape index (κ2) is 9.97. The van der Waals surface area contributed by atoms with Gasteiger partial charge in [-0.1, -0.05) is 0 Å².